The van der Waals surface area contributed by atoms with Crippen LogP contribution in [-0.2, 0) is 4.79 Å². The van der Waals surface area contributed by atoms with E-state index in [1.54, 1.807) is 0 Å². The van der Waals surface area contributed by atoms with Gasteiger partial charge in [0.05, 0.1) is 0 Å². The first-order chi connectivity index (χ1) is 9.06. The van der Waals surface area contributed by atoms with Crippen LogP contribution in [0.15, 0.2) is 12.1 Å². The van der Waals surface area contributed by atoms with Crippen molar-refractivity contribution in [3.8, 4) is 0 Å². The van der Waals surface area contributed by atoms with Crippen LogP contribution in [0.4, 0.5) is 11.4 Å². The quantitative estimate of drug-likeness (QED) is 0.834. The Morgan fingerprint density at radius 3 is 2.47 bits per heavy atom. The summed E-state index contributed by atoms with van der Waals surface area (Å²) in [7, 11) is 0. The maximum absolute atomic E-state index is 12.1. The molecule has 0 bridgehead atoms. The molecule has 19 heavy (non-hydrogen) atoms. The second-order valence-electron chi connectivity index (χ2n) is 5.34. The minimum Gasteiger partial charge on any atom is -0.399 e. The summed E-state index contributed by atoms with van der Waals surface area (Å²) in [5, 5.41) is 3.05. The lowest BCUT2D eigenvalue weighted by Gasteiger charge is -2.21. The number of aryl methyl sites for hydroxylation is 2. The van der Waals surface area contributed by atoms with E-state index >= 15 is 0 Å². The minimum atomic E-state index is 0.132. The molecule has 0 unspecified atom stereocenters. The van der Waals surface area contributed by atoms with Gasteiger partial charge in [-0.2, -0.15) is 11.8 Å². The monoisotopic (exact) mass is 278 g/mol. The average molecular weight is 278 g/mol. The largest absolute Gasteiger partial charge is 0.399 e. The van der Waals surface area contributed by atoms with Gasteiger partial charge in [-0.15, -0.1) is 0 Å². The number of nitrogens with two attached hydrogens (primary N) is 1. The lowest BCUT2D eigenvalue weighted by molar-refractivity contribution is -0.117. The fraction of sp³-hybridized carbons (Fsp3) is 0.533. The van der Waals surface area contributed by atoms with Crippen LogP contribution in [0.2, 0.25) is 0 Å². The van der Waals surface area contributed by atoms with Gasteiger partial charge in [-0.25, -0.2) is 0 Å². The molecule has 0 spiro atoms. The number of thioether (sulfide) groups is 1. The second kappa shape index (κ2) is 6.33. The molecule has 0 aliphatic carbocycles. The second-order valence-corrected chi connectivity index (χ2v) is 6.56. The molecule has 1 heterocycles. The number of carbonyl (C=O) groups is 1. The summed E-state index contributed by atoms with van der Waals surface area (Å²) in [5.74, 6) is 3.07. The maximum atomic E-state index is 12.1. The molecule has 1 fully saturated rings. The van der Waals surface area contributed by atoms with Gasteiger partial charge in [0.2, 0.25) is 5.91 Å². The van der Waals surface area contributed by atoms with Gasteiger partial charge < -0.3 is 11.1 Å². The van der Waals surface area contributed by atoms with Gasteiger partial charge in [-0.05, 0) is 67.4 Å². The lowest BCUT2D eigenvalue weighted by Crippen LogP contribution is -2.20. The highest BCUT2D eigenvalue weighted by Gasteiger charge is 2.18. The first-order valence-electron chi connectivity index (χ1n) is 6.80. The molecule has 3 nitrogen and oxygen atoms in total. The zero-order valence-corrected chi connectivity index (χ0v) is 12.5. The highest BCUT2D eigenvalue weighted by atomic mass is 32.2. The predicted molar refractivity (Wildman–Crippen MR) is 83.6 cm³/mol. The number of nitrogens with one attached hydrogen (secondary N) is 1. The molecule has 0 atom stereocenters. The first kappa shape index (κ1) is 14.3. The van der Waals surface area contributed by atoms with Crippen molar-refractivity contribution in [2.24, 2.45) is 5.92 Å². The molecular weight excluding hydrogens is 256 g/mol. The molecule has 1 aromatic rings. The van der Waals surface area contributed by atoms with Gasteiger partial charge in [0, 0.05) is 17.8 Å². The molecule has 1 saturated heterocycles. The predicted octanol–water partition coefficient (Wildman–Crippen LogP) is 3.36. The van der Waals surface area contributed by atoms with E-state index in [4.69, 9.17) is 5.73 Å². The molecule has 1 amide bonds. The van der Waals surface area contributed by atoms with Crippen molar-refractivity contribution in [2.45, 2.75) is 33.1 Å². The number of carbonyl (C=O) groups excluding carboxylic acids is 1. The standard InChI is InChI=1S/C15H22N2OS/c1-10-7-13(16)8-11(2)15(10)17-14(18)9-12-3-5-19-6-4-12/h7-8,12H,3-6,9,16H2,1-2H3,(H,17,18). The maximum Gasteiger partial charge on any atom is 0.224 e. The SMILES string of the molecule is Cc1cc(N)cc(C)c1NC(=O)CC1CCSCC1. The van der Waals surface area contributed by atoms with Gasteiger partial charge in [-0.1, -0.05) is 0 Å². The Morgan fingerprint density at radius 2 is 1.89 bits per heavy atom. The molecule has 3 N–H and O–H groups in total. The van der Waals surface area contributed by atoms with E-state index in [1.165, 1.54) is 11.5 Å². The number of rotatable bonds is 3. The summed E-state index contributed by atoms with van der Waals surface area (Å²) in [4.78, 5) is 12.1. The van der Waals surface area contributed by atoms with Crippen LogP contribution in [0.3, 0.4) is 0 Å². The Hall–Kier alpha value is -1.16. The number of hydrogen-bond donors (Lipinski definition) is 2. The topological polar surface area (TPSA) is 55.1 Å². The third kappa shape index (κ3) is 3.90. The summed E-state index contributed by atoms with van der Waals surface area (Å²) in [6.45, 7) is 3.96. The zero-order chi connectivity index (χ0) is 13.8. The third-order valence-corrected chi connectivity index (χ3v) is 4.68. The van der Waals surface area contributed by atoms with Crippen molar-refractivity contribution in [3.05, 3.63) is 23.3 Å². The van der Waals surface area contributed by atoms with Crippen molar-refractivity contribution in [1.82, 2.24) is 0 Å². The molecule has 0 aromatic heterocycles. The van der Waals surface area contributed by atoms with E-state index in [2.05, 4.69) is 5.32 Å². The average Bonchev–Trinajstić information content (AvgIpc) is 2.35. The Bertz CT molecular complexity index is 444. The molecule has 104 valence electrons. The Balaban J connectivity index is 1.98. The first-order valence-corrected chi connectivity index (χ1v) is 7.96. The summed E-state index contributed by atoms with van der Waals surface area (Å²) >= 11 is 1.99. The van der Waals surface area contributed by atoms with Crippen molar-refractivity contribution < 1.29 is 4.79 Å². The Morgan fingerprint density at radius 1 is 1.32 bits per heavy atom. The smallest absolute Gasteiger partial charge is 0.224 e. The number of amides is 1. The van der Waals surface area contributed by atoms with Crippen LogP contribution in [0.25, 0.3) is 0 Å². The molecule has 1 aromatic carbocycles. The zero-order valence-electron chi connectivity index (χ0n) is 11.7. The van der Waals surface area contributed by atoms with Crippen molar-refractivity contribution in [2.75, 3.05) is 22.6 Å². The fourth-order valence-electron chi connectivity index (χ4n) is 2.60. The highest BCUT2D eigenvalue weighted by Crippen LogP contribution is 2.27. The minimum absolute atomic E-state index is 0.132. The van der Waals surface area contributed by atoms with Gasteiger partial charge >= 0.3 is 0 Å². The van der Waals surface area contributed by atoms with Crippen LogP contribution < -0.4 is 11.1 Å². The number of anilines is 2. The van der Waals surface area contributed by atoms with E-state index in [0.717, 1.165) is 35.3 Å². The molecular formula is C15H22N2OS. The van der Waals surface area contributed by atoms with Gasteiger partial charge in [-0.3, -0.25) is 4.79 Å². The van der Waals surface area contributed by atoms with E-state index in [9.17, 15) is 4.79 Å². The summed E-state index contributed by atoms with van der Waals surface area (Å²) < 4.78 is 0. The normalized spacial score (nSPS) is 16.3. The summed E-state index contributed by atoms with van der Waals surface area (Å²) in [6.07, 6.45) is 2.97. The van der Waals surface area contributed by atoms with Crippen LogP contribution in [-0.4, -0.2) is 17.4 Å². The van der Waals surface area contributed by atoms with E-state index in [1.807, 2.05) is 37.7 Å². The van der Waals surface area contributed by atoms with E-state index < -0.39 is 0 Å². The molecule has 1 aliphatic heterocycles. The molecule has 2 rings (SSSR count). The highest BCUT2D eigenvalue weighted by molar-refractivity contribution is 7.99. The van der Waals surface area contributed by atoms with Crippen molar-refractivity contribution in [3.63, 3.8) is 0 Å². The van der Waals surface area contributed by atoms with Crippen LogP contribution in [0.5, 0.6) is 0 Å². The molecule has 0 radical (unpaired) electrons. The van der Waals surface area contributed by atoms with Crippen LogP contribution >= 0.6 is 11.8 Å². The Kier molecular flexibility index (Phi) is 4.75. The van der Waals surface area contributed by atoms with E-state index in [0.29, 0.717) is 12.3 Å². The van der Waals surface area contributed by atoms with Crippen LogP contribution in [0, 0.1) is 19.8 Å². The number of nitrogen functional groups attached to an aromatic ring is 1. The molecule has 1 aliphatic rings. The number of hydrogen-bond acceptors (Lipinski definition) is 3. The summed E-state index contributed by atoms with van der Waals surface area (Å²) in [5.41, 5.74) is 9.53. The van der Waals surface area contributed by atoms with Gasteiger partial charge in [0.25, 0.3) is 0 Å². The molecule has 4 heteroatoms. The molecule has 0 saturated carbocycles. The lowest BCUT2D eigenvalue weighted by atomic mass is 9.98. The van der Waals surface area contributed by atoms with Gasteiger partial charge in [0.15, 0.2) is 0 Å². The summed E-state index contributed by atoms with van der Waals surface area (Å²) in [6, 6.07) is 3.81. The number of benzene rings is 1. The van der Waals surface area contributed by atoms with Gasteiger partial charge in [0.1, 0.15) is 0 Å². The van der Waals surface area contributed by atoms with Crippen molar-refractivity contribution in [1.29, 1.82) is 0 Å². The third-order valence-electron chi connectivity index (χ3n) is 3.63. The fourth-order valence-corrected chi connectivity index (χ4v) is 3.80. The van der Waals surface area contributed by atoms with Crippen molar-refractivity contribution >= 4 is 29.0 Å². The van der Waals surface area contributed by atoms with E-state index in [-0.39, 0.29) is 5.91 Å². The Labute approximate surface area is 119 Å². The van der Waals surface area contributed by atoms with Crippen LogP contribution in [0.1, 0.15) is 30.4 Å².